The van der Waals surface area contributed by atoms with E-state index in [9.17, 15) is 17.6 Å². The second kappa shape index (κ2) is 9.50. The first-order chi connectivity index (χ1) is 15.7. The summed E-state index contributed by atoms with van der Waals surface area (Å²) in [6, 6.07) is 11.6. The number of carbonyl (C=O) groups is 1. The zero-order chi connectivity index (χ0) is 23.8. The first-order valence-corrected chi connectivity index (χ1v) is 13.3. The van der Waals surface area contributed by atoms with Crippen molar-refractivity contribution in [2.24, 2.45) is 0 Å². The molecule has 3 heterocycles. The lowest BCUT2D eigenvalue weighted by Crippen LogP contribution is -2.49. The van der Waals surface area contributed by atoms with Gasteiger partial charge >= 0.3 is 0 Å². The molecular formula is C24H28FN3O3S2. The van der Waals surface area contributed by atoms with Crippen LogP contribution >= 0.6 is 11.3 Å². The van der Waals surface area contributed by atoms with Crippen molar-refractivity contribution in [1.82, 2.24) is 13.8 Å². The SMILES string of the molecule is CCc1ccc(S(=O)(=O)N2CCN(CC(=O)c3cc(C)n(-c4ccc(F)cc4)c3C)CC2)s1. The number of aromatic nitrogens is 1. The van der Waals surface area contributed by atoms with Crippen LogP contribution in [-0.2, 0) is 16.4 Å². The summed E-state index contributed by atoms with van der Waals surface area (Å²) >= 11 is 1.33. The largest absolute Gasteiger partial charge is 0.318 e. The van der Waals surface area contributed by atoms with Gasteiger partial charge in [0.1, 0.15) is 10.0 Å². The quantitative estimate of drug-likeness (QED) is 0.470. The summed E-state index contributed by atoms with van der Waals surface area (Å²) in [5.74, 6) is -0.304. The van der Waals surface area contributed by atoms with Crippen LogP contribution in [0.5, 0.6) is 0 Å². The van der Waals surface area contributed by atoms with Gasteiger partial charge in [-0.25, -0.2) is 12.8 Å². The minimum atomic E-state index is -3.49. The molecule has 0 amide bonds. The number of sulfonamides is 1. The van der Waals surface area contributed by atoms with Crippen molar-refractivity contribution in [2.75, 3.05) is 32.7 Å². The Morgan fingerprint density at radius 3 is 2.30 bits per heavy atom. The maximum absolute atomic E-state index is 13.3. The van der Waals surface area contributed by atoms with Gasteiger partial charge in [0, 0.05) is 53.7 Å². The zero-order valence-corrected chi connectivity index (χ0v) is 20.7. The fourth-order valence-electron chi connectivity index (χ4n) is 4.26. The van der Waals surface area contributed by atoms with Gasteiger partial charge in [-0.2, -0.15) is 4.31 Å². The summed E-state index contributed by atoms with van der Waals surface area (Å²) in [6.07, 6.45) is 0.817. The van der Waals surface area contributed by atoms with Crippen molar-refractivity contribution in [3.8, 4) is 5.69 Å². The molecule has 1 fully saturated rings. The molecule has 1 aliphatic heterocycles. The van der Waals surface area contributed by atoms with Crippen LogP contribution in [0.3, 0.4) is 0 Å². The number of thiophene rings is 1. The molecule has 1 aromatic carbocycles. The third-order valence-corrected chi connectivity index (χ3v) is 9.69. The molecule has 3 aromatic rings. The molecule has 6 nitrogen and oxygen atoms in total. The Kier molecular flexibility index (Phi) is 6.86. The van der Waals surface area contributed by atoms with Crippen molar-refractivity contribution >= 4 is 27.1 Å². The Hall–Kier alpha value is -2.33. The molecule has 0 spiro atoms. The number of nitrogens with zero attached hydrogens (tertiary/aromatic N) is 3. The van der Waals surface area contributed by atoms with Crippen molar-refractivity contribution in [3.05, 3.63) is 70.1 Å². The van der Waals surface area contributed by atoms with Gasteiger partial charge in [-0.3, -0.25) is 9.69 Å². The summed E-state index contributed by atoms with van der Waals surface area (Å²) in [6.45, 7) is 7.80. The molecule has 2 aromatic heterocycles. The van der Waals surface area contributed by atoms with E-state index in [1.54, 1.807) is 18.2 Å². The van der Waals surface area contributed by atoms with E-state index in [0.29, 0.717) is 36.0 Å². The van der Waals surface area contributed by atoms with Gasteiger partial charge in [-0.15, -0.1) is 11.3 Å². The number of carbonyl (C=O) groups excluding carboxylic acids is 1. The fraction of sp³-hybridized carbons (Fsp3) is 0.375. The molecular weight excluding hydrogens is 461 g/mol. The van der Waals surface area contributed by atoms with Crippen LogP contribution in [0.4, 0.5) is 4.39 Å². The van der Waals surface area contributed by atoms with E-state index in [-0.39, 0.29) is 18.1 Å². The number of ketones is 1. The summed E-state index contributed by atoms with van der Waals surface area (Å²) in [5.41, 5.74) is 3.16. The first kappa shape index (κ1) is 23.8. The van der Waals surface area contributed by atoms with E-state index >= 15 is 0 Å². The molecule has 33 heavy (non-hydrogen) atoms. The Labute approximate surface area is 198 Å². The molecule has 0 unspecified atom stereocenters. The highest BCUT2D eigenvalue weighted by Gasteiger charge is 2.30. The van der Waals surface area contributed by atoms with Crippen molar-refractivity contribution in [3.63, 3.8) is 0 Å². The molecule has 0 saturated carbocycles. The zero-order valence-electron chi connectivity index (χ0n) is 19.0. The van der Waals surface area contributed by atoms with Crippen LogP contribution in [0.1, 0.15) is 33.5 Å². The number of piperazine rings is 1. The second-order valence-electron chi connectivity index (χ2n) is 8.27. The van der Waals surface area contributed by atoms with Crippen LogP contribution in [0.2, 0.25) is 0 Å². The average molecular weight is 490 g/mol. The number of hydrogen-bond acceptors (Lipinski definition) is 5. The van der Waals surface area contributed by atoms with Crippen molar-refractivity contribution < 1.29 is 17.6 Å². The Morgan fingerprint density at radius 1 is 1.03 bits per heavy atom. The number of rotatable bonds is 7. The number of hydrogen-bond donors (Lipinski definition) is 0. The molecule has 1 aliphatic rings. The second-order valence-corrected chi connectivity index (χ2v) is 11.6. The molecule has 0 N–H and O–H groups in total. The Balaban J connectivity index is 1.41. The topological polar surface area (TPSA) is 62.6 Å². The van der Waals surface area contributed by atoms with Gasteiger partial charge in [0.05, 0.1) is 6.54 Å². The third kappa shape index (κ3) is 4.82. The van der Waals surface area contributed by atoms with Crippen LogP contribution in [0.25, 0.3) is 5.69 Å². The predicted molar refractivity (Wildman–Crippen MR) is 128 cm³/mol. The van der Waals surface area contributed by atoms with E-state index in [4.69, 9.17) is 0 Å². The van der Waals surface area contributed by atoms with Crippen LogP contribution in [0.15, 0.2) is 46.7 Å². The van der Waals surface area contributed by atoms with Gasteiger partial charge in [0.2, 0.25) is 0 Å². The molecule has 0 bridgehead atoms. The minimum Gasteiger partial charge on any atom is -0.318 e. The fourth-order valence-corrected chi connectivity index (χ4v) is 7.13. The van der Waals surface area contributed by atoms with E-state index in [2.05, 4.69) is 0 Å². The van der Waals surface area contributed by atoms with Gasteiger partial charge in [0.15, 0.2) is 5.78 Å². The lowest BCUT2D eigenvalue weighted by atomic mass is 10.1. The number of Topliss-reactive ketones (excluding diaryl/α,β-unsaturated/α-hetero) is 1. The van der Waals surface area contributed by atoms with Crippen molar-refractivity contribution in [2.45, 2.75) is 31.4 Å². The maximum Gasteiger partial charge on any atom is 0.252 e. The molecule has 0 atom stereocenters. The highest BCUT2D eigenvalue weighted by molar-refractivity contribution is 7.91. The van der Waals surface area contributed by atoms with E-state index < -0.39 is 10.0 Å². The molecule has 176 valence electrons. The lowest BCUT2D eigenvalue weighted by molar-refractivity contribution is 0.0901. The monoisotopic (exact) mass is 489 g/mol. The molecule has 1 saturated heterocycles. The number of benzene rings is 1. The summed E-state index contributed by atoms with van der Waals surface area (Å²) in [4.78, 5) is 16.1. The van der Waals surface area contributed by atoms with Gasteiger partial charge in [-0.1, -0.05) is 6.92 Å². The third-order valence-electron chi connectivity index (χ3n) is 6.09. The standard InChI is InChI=1S/C24H28FN3O3S2/c1-4-21-9-10-24(32-21)33(30,31)27-13-11-26(12-14-27)16-23(29)22-15-17(2)28(18(22)3)20-7-5-19(25)6-8-20/h5-10,15H,4,11-14,16H2,1-3H3. The normalized spacial score (nSPS) is 15.8. The molecule has 0 aliphatic carbocycles. The molecule has 0 radical (unpaired) electrons. The average Bonchev–Trinajstić information content (AvgIpc) is 3.40. The van der Waals surface area contributed by atoms with Gasteiger partial charge < -0.3 is 4.57 Å². The van der Waals surface area contributed by atoms with Crippen LogP contribution in [0, 0.1) is 19.7 Å². The van der Waals surface area contributed by atoms with E-state index in [1.165, 1.54) is 27.8 Å². The van der Waals surface area contributed by atoms with Crippen LogP contribution < -0.4 is 0 Å². The first-order valence-electron chi connectivity index (χ1n) is 11.0. The van der Waals surface area contributed by atoms with E-state index in [0.717, 1.165) is 28.4 Å². The van der Waals surface area contributed by atoms with Crippen LogP contribution in [-0.4, -0.2) is 60.7 Å². The Morgan fingerprint density at radius 2 is 1.70 bits per heavy atom. The molecule has 9 heteroatoms. The molecule has 4 rings (SSSR count). The van der Waals surface area contributed by atoms with Gasteiger partial charge in [0.25, 0.3) is 10.0 Å². The summed E-state index contributed by atoms with van der Waals surface area (Å²) in [5, 5.41) is 0. The lowest BCUT2D eigenvalue weighted by Gasteiger charge is -2.33. The summed E-state index contributed by atoms with van der Waals surface area (Å²) < 4.78 is 43.0. The minimum absolute atomic E-state index is 0.00128. The smallest absolute Gasteiger partial charge is 0.252 e. The summed E-state index contributed by atoms with van der Waals surface area (Å²) in [7, 11) is -3.49. The van der Waals surface area contributed by atoms with Gasteiger partial charge in [-0.05, 0) is 62.7 Å². The highest BCUT2D eigenvalue weighted by Crippen LogP contribution is 2.26. The number of aryl methyl sites for hydroxylation is 2. The maximum atomic E-state index is 13.3. The highest BCUT2D eigenvalue weighted by atomic mass is 32.2. The van der Waals surface area contributed by atoms with E-state index in [1.807, 2.05) is 42.4 Å². The Bertz CT molecular complexity index is 1250. The number of halogens is 1. The predicted octanol–water partition coefficient (Wildman–Crippen LogP) is 4.05. The van der Waals surface area contributed by atoms with Crippen molar-refractivity contribution in [1.29, 1.82) is 0 Å².